The molecule has 2 fully saturated rings. The summed E-state index contributed by atoms with van der Waals surface area (Å²) in [6.45, 7) is 4.34. The molecule has 84 heavy (non-hydrogen) atoms. The van der Waals surface area contributed by atoms with Crippen molar-refractivity contribution in [1.82, 2.24) is 46.8 Å². The normalized spacial score (nSPS) is 24.8. The number of halogens is 1. The van der Waals surface area contributed by atoms with Gasteiger partial charge in [-0.25, -0.2) is 23.1 Å². The van der Waals surface area contributed by atoms with Gasteiger partial charge in [0.15, 0.2) is 18.7 Å². The first kappa shape index (κ1) is 71.8. The summed E-state index contributed by atoms with van der Waals surface area (Å²) in [5.41, 5.74) is -1.91. The molecule has 3 heterocycles. The molecule has 474 valence electrons. The van der Waals surface area contributed by atoms with Gasteiger partial charge in [0.25, 0.3) is 5.56 Å². The summed E-state index contributed by atoms with van der Waals surface area (Å²) in [6, 6.07) is -8.67. The number of phosphoric ester groups is 2. The number of hydrogen-bond acceptors (Lipinski definition) is 23. The van der Waals surface area contributed by atoms with E-state index < -0.39 is 198 Å². The number of amides is 7. The molecule has 39 heteroatoms. The van der Waals surface area contributed by atoms with Gasteiger partial charge in [0.05, 0.1) is 13.2 Å². The molecule has 2 saturated heterocycles. The first-order valence-corrected chi connectivity index (χ1v) is 28.6. The summed E-state index contributed by atoms with van der Waals surface area (Å²) in [5.74, 6) is -9.75. The van der Waals surface area contributed by atoms with Crippen molar-refractivity contribution in [2.75, 3.05) is 19.8 Å². The molecule has 0 aromatic carbocycles. The molecule has 1 aromatic heterocycles. The lowest BCUT2D eigenvalue weighted by molar-refractivity contribution is -0.247. The van der Waals surface area contributed by atoms with Gasteiger partial charge in [0.2, 0.25) is 41.4 Å². The largest absolute Gasteiger partial charge is 0.483 e. The number of carbonyl (C=O) groups is 10. The number of carboxylic acids is 2. The average Bonchev–Trinajstić information content (AvgIpc) is 3.19. The van der Waals surface area contributed by atoms with E-state index in [1.165, 1.54) is 20.8 Å². The maximum atomic E-state index is 16.0. The first-order valence-electron chi connectivity index (χ1n) is 25.6. The van der Waals surface area contributed by atoms with Crippen LogP contribution in [0.5, 0.6) is 0 Å². The van der Waals surface area contributed by atoms with Crippen LogP contribution < -0.4 is 48.5 Å². The van der Waals surface area contributed by atoms with E-state index in [-0.39, 0.29) is 44.4 Å². The molecular weight excluding hydrogens is 1180 g/mol. The van der Waals surface area contributed by atoms with Crippen LogP contribution in [0.25, 0.3) is 0 Å². The van der Waals surface area contributed by atoms with E-state index in [1.807, 2.05) is 4.98 Å². The Kier molecular flexibility index (Phi) is 28.0. The predicted molar refractivity (Wildman–Crippen MR) is 276 cm³/mol. The zero-order chi connectivity index (χ0) is 63.6. The summed E-state index contributed by atoms with van der Waals surface area (Å²) in [7, 11) is -11.8. The highest BCUT2D eigenvalue weighted by Gasteiger charge is 2.53. The van der Waals surface area contributed by atoms with E-state index in [9.17, 15) is 96.9 Å². The van der Waals surface area contributed by atoms with E-state index in [4.69, 9.17) is 23.8 Å². The Morgan fingerprint density at radius 1 is 0.738 bits per heavy atom. The number of hydrogen-bond donors (Lipinski definition) is 15. The summed E-state index contributed by atoms with van der Waals surface area (Å²) in [5, 5.41) is 65.8. The molecule has 7 amide bonds. The van der Waals surface area contributed by atoms with Crippen molar-refractivity contribution in [3.05, 3.63) is 33.1 Å². The number of aliphatic hydroxyl groups is 3. The molecule has 0 spiro atoms. The van der Waals surface area contributed by atoms with E-state index in [2.05, 4.69) is 46.1 Å². The SMILES string of the molecule is CC(=O)CCC(=O)NCCCC[C@H](NC(=O)CC[C@@H](NC(=O)[C@H](C)NC(=O)[C@@H](C)O[C@H]1[C@H](F)[C@@H](CO)O[C@H](OP(=O)(O)OP(=O)(O)OC[C@H]2O[C@@H](n3ccc(=O)[nH]c3=O)[C@H](O)[C@@H]2O)[C@@H]1NC(C)=O)C(=O)O)C(=O)N[C@H](C)C(=O)N[C@H](C)C(=O)O. The number of carboxylic acid groups (broad SMARTS) is 2. The minimum absolute atomic E-state index is 0.0229. The van der Waals surface area contributed by atoms with Gasteiger partial charge in [0, 0.05) is 45.0 Å². The lowest BCUT2D eigenvalue weighted by Gasteiger charge is -2.43. The second kappa shape index (κ2) is 32.7. The molecule has 2 aliphatic heterocycles. The number of ether oxygens (including phenoxy) is 3. The Balaban J connectivity index is 1.66. The molecule has 36 nitrogen and oxygen atoms in total. The molecule has 0 saturated carbocycles. The Hall–Kier alpha value is -6.47. The molecule has 17 atom stereocenters. The van der Waals surface area contributed by atoms with Crippen LogP contribution >= 0.6 is 15.6 Å². The quantitative estimate of drug-likeness (QED) is 0.0227. The minimum Gasteiger partial charge on any atom is -0.480 e. The van der Waals surface area contributed by atoms with Crippen LogP contribution in [0.4, 0.5) is 4.39 Å². The predicted octanol–water partition coefficient (Wildman–Crippen LogP) is -5.17. The number of rotatable bonds is 34. The molecule has 0 radical (unpaired) electrons. The molecular formula is C45H70FN9O27P2. The lowest BCUT2D eigenvalue weighted by Crippen LogP contribution is -2.65. The fourth-order valence-corrected chi connectivity index (χ4v) is 9.95. The van der Waals surface area contributed by atoms with Gasteiger partial charge in [0.1, 0.15) is 78.7 Å². The molecule has 0 aliphatic carbocycles. The number of nitrogens with zero attached hydrogens (tertiary/aromatic N) is 1. The van der Waals surface area contributed by atoms with E-state index in [0.29, 0.717) is 4.57 Å². The fraction of sp³-hybridized carbons (Fsp3) is 0.689. The standard InChI is InChI=1S/C45H70FN9O27P2/c1-19(57)10-12-29(59)47-15-8-7-9-25(40(67)49-20(2)37(64)50-22(4)42(68)69)52-30(60)13-11-26(43(70)71)53-38(65)21(3)48-39(66)23(5)78-36-32(46)27(17-56)80-44(33(36)51-24(6)58)81-84(75,76)82-83(73,74)77-18-28-34(62)35(63)41(79-28)55-16-14-31(61)54-45(55)72/h14,16,20-23,25-28,32-36,41,44,56,62-63H,7-13,15,17-18H2,1-6H3,(H,47,59)(H,48,66)(H,49,67)(H,50,64)(H,51,58)(H,52,60)(H,53,65)(H,68,69)(H,70,71)(H,73,74)(H,75,76)(H,54,61,72)/t20-,21+,22-,23-,25+,26-,27-,28-,32-,33-,34-,35-,36+,41-,44-/m1/s1. The van der Waals surface area contributed by atoms with Crippen molar-refractivity contribution >= 4 is 74.7 Å². The fourth-order valence-electron chi connectivity index (χ4n) is 7.79. The number of Topliss-reactive ketones (excluding diaryl/α,β-unsaturated/α-hetero) is 1. The number of carbonyl (C=O) groups excluding carboxylic acids is 8. The summed E-state index contributed by atoms with van der Waals surface area (Å²) in [6.07, 6.45) is -18.3. The Morgan fingerprint density at radius 2 is 1.36 bits per heavy atom. The number of ketones is 1. The highest BCUT2D eigenvalue weighted by Crippen LogP contribution is 2.61. The van der Waals surface area contributed by atoms with Gasteiger partial charge >= 0.3 is 33.3 Å². The number of aliphatic hydroxyl groups excluding tert-OH is 3. The minimum atomic E-state index is -6.01. The van der Waals surface area contributed by atoms with Crippen molar-refractivity contribution in [1.29, 1.82) is 0 Å². The summed E-state index contributed by atoms with van der Waals surface area (Å²) >= 11 is 0. The smallest absolute Gasteiger partial charge is 0.480 e. The third-order valence-corrected chi connectivity index (χ3v) is 14.9. The number of aromatic amines is 1. The van der Waals surface area contributed by atoms with Crippen molar-refractivity contribution in [2.45, 2.75) is 178 Å². The van der Waals surface area contributed by atoms with Crippen LogP contribution in [0, 0.1) is 0 Å². The number of H-pyrrole nitrogens is 1. The van der Waals surface area contributed by atoms with Crippen LogP contribution in [-0.2, 0) is 84.6 Å². The zero-order valence-electron chi connectivity index (χ0n) is 45.9. The van der Waals surface area contributed by atoms with Crippen molar-refractivity contribution in [2.24, 2.45) is 0 Å². The van der Waals surface area contributed by atoms with Gasteiger partial charge in [-0.1, -0.05) is 0 Å². The Bertz CT molecular complexity index is 2760. The van der Waals surface area contributed by atoms with Crippen LogP contribution in [0.3, 0.4) is 0 Å². The summed E-state index contributed by atoms with van der Waals surface area (Å²) in [4.78, 5) is 171. The topological polar surface area (TPSA) is 541 Å². The van der Waals surface area contributed by atoms with E-state index >= 15 is 4.39 Å². The molecule has 3 rings (SSSR count). The molecule has 15 N–H and O–H groups in total. The molecule has 1 aromatic rings. The van der Waals surface area contributed by atoms with Crippen LogP contribution in [-0.4, -0.2) is 209 Å². The van der Waals surface area contributed by atoms with Crippen LogP contribution in [0.1, 0.15) is 92.7 Å². The Labute approximate surface area is 475 Å². The monoisotopic (exact) mass is 1250 g/mol. The maximum absolute atomic E-state index is 16.0. The average molecular weight is 1250 g/mol. The maximum Gasteiger partial charge on any atom is 0.483 e. The van der Waals surface area contributed by atoms with Gasteiger partial charge < -0.3 is 91.5 Å². The highest BCUT2D eigenvalue weighted by molar-refractivity contribution is 7.61. The Morgan fingerprint density at radius 3 is 1.94 bits per heavy atom. The van der Waals surface area contributed by atoms with Crippen molar-refractivity contribution in [3.8, 4) is 0 Å². The highest BCUT2D eigenvalue weighted by atomic mass is 31.3. The van der Waals surface area contributed by atoms with Gasteiger partial charge in [-0.15, -0.1) is 0 Å². The lowest BCUT2D eigenvalue weighted by atomic mass is 9.97. The number of aromatic nitrogens is 2. The third-order valence-electron chi connectivity index (χ3n) is 12.3. The van der Waals surface area contributed by atoms with Crippen LogP contribution in [0.15, 0.2) is 21.9 Å². The number of unbranched alkanes of at least 4 members (excludes halogenated alkanes) is 1. The number of alkyl halides is 1. The molecule has 2 aliphatic rings. The van der Waals surface area contributed by atoms with Crippen molar-refractivity contribution < 1.29 is 124 Å². The molecule has 0 bridgehead atoms. The van der Waals surface area contributed by atoms with E-state index in [0.717, 1.165) is 33.0 Å². The van der Waals surface area contributed by atoms with Gasteiger partial charge in [-0.3, -0.25) is 61.7 Å². The second-order valence-corrected chi connectivity index (χ2v) is 22.3. The zero-order valence-corrected chi connectivity index (χ0v) is 47.7. The number of aliphatic carboxylic acids is 2. The second-order valence-electron chi connectivity index (χ2n) is 19.3. The van der Waals surface area contributed by atoms with Gasteiger partial charge in [-0.2, -0.15) is 4.31 Å². The van der Waals surface area contributed by atoms with Gasteiger partial charge in [-0.05, 0) is 60.3 Å². The van der Waals surface area contributed by atoms with E-state index in [1.54, 1.807) is 0 Å². The molecule has 2 unspecified atom stereocenters. The van der Waals surface area contributed by atoms with Crippen molar-refractivity contribution in [3.63, 3.8) is 0 Å². The third kappa shape index (κ3) is 22.8. The number of phosphoric acid groups is 2. The first-order chi connectivity index (χ1) is 39.1. The van der Waals surface area contributed by atoms with Crippen LogP contribution in [0.2, 0.25) is 0 Å². The number of nitrogens with one attached hydrogen (secondary N) is 8. The summed E-state index contributed by atoms with van der Waals surface area (Å²) < 4.78 is 72.7.